The van der Waals surface area contributed by atoms with Gasteiger partial charge in [-0.2, -0.15) is 4.37 Å². The van der Waals surface area contributed by atoms with Gasteiger partial charge in [0.1, 0.15) is 0 Å². The monoisotopic (exact) mass is 296 g/mol. The van der Waals surface area contributed by atoms with Crippen molar-refractivity contribution in [2.45, 2.75) is 18.7 Å². The maximum atomic E-state index is 12.1. The van der Waals surface area contributed by atoms with Crippen LogP contribution in [0.5, 0.6) is 0 Å². The van der Waals surface area contributed by atoms with Gasteiger partial charge < -0.3 is 0 Å². The molecule has 0 fully saturated rings. The molecule has 1 heterocycles. The molecule has 2 rings (SSSR count). The molecule has 0 unspecified atom stereocenters. The van der Waals surface area contributed by atoms with Crippen molar-refractivity contribution in [3.05, 3.63) is 46.5 Å². The van der Waals surface area contributed by atoms with E-state index >= 15 is 0 Å². The van der Waals surface area contributed by atoms with Gasteiger partial charge in [-0.1, -0.05) is 12.1 Å². The van der Waals surface area contributed by atoms with Crippen molar-refractivity contribution in [3.63, 3.8) is 0 Å². The smallest absolute Gasteiger partial charge is 0.267 e. The van der Waals surface area contributed by atoms with E-state index in [-0.39, 0.29) is 10.5 Å². The highest BCUT2D eigenvalue weighted by Crippen LogP contribution is 2.13. The average molecular weight is 296 g/mol. The van der Waals surface area contributed by atoms with E-state index in [1.165, 1.54) is 17.5 Å². The molecule has 0 saturated carbocycles. The van der Waals surface area contributed by atoms with Crippen molar-refractivity contribution in [2.24, 2.45) is 0 Å². The first-order valence-electron chi connectivity index (χ1n) is 5.45. The van der Waals surface area contributed by atoms with Crippen LogP contribution in [0.15, 0.2) is 34.5 Å². The molecule has 7 heteroatoms. The van der Waals surface area contributed by atoms with Gasteiger partial charge in [-0.05, 0) is 43.1 Å². The van der Waals surface area contributed by atoms with Crippen LogP contribution in [0.25, 0.3) is 0 Å². The Bertz CT molecular complexity index is 720. The number of benzene rings is 1. The van der Waals surface area contributed by atoms with Crippen LogP contribution in [0.4, 0.5) is 0 Å². The zero-order valence-corrected chi connectivity index (χ0v) is 12.0. The molecule has 1 amide bonds. The van der Waals surface area contributed by atoms with Crippen LogP contribution in [0, 0.1) is 13.8 Å². The second kappa shape index (κ2) is 5.10. The Kier molecular flexibility index (Phi) is 3.68. The second-order valence-corrected chi connectivity index (χ2v) is 6.38. The summed E-state index contributed by atoms with van der Waals surface area (Å²) in [6.07, 6.45) is 0. The lowest BCUT2D eigenvalue weighted by molar-refractivity contribution is 0.0981. The number of nitrogens with zero attached hydrogens (tertiary/aromatic N) is 1. The minimum absolute atomic E-state index is 0.0710. The summed E-state index contributed by atoms with van der Waals surface area (Å²) in [5, 5.41) is 1.52. The Balaban J connectivity index is 2.28. The van der Waals surface area contributed by atoms with E-state index in [0.29, 0.717) is 5.69 Å². The average Bonchev–Trinajstić information content (AvgIpc) is 2.75. The van der Waals surface area contributed by atoms with Gasteiger partial charge in [-0.3, -0.25) is 4.79 Å². The van der Waals surface area contributed by atoms with Crippen molar-refractivity contribution in [1.29, 1.82) is 0 Å². The third-order valence-electron chi connectivity index (χ3n) is 2.52. The van der Waals surface area contributed by atoms with Crippen LogP contribution >= 0.6 is 11.5 Å². The predicted molar refractivity (Wildman–Crippen MR) is 72.7 cm³/mol. The van der Waals surface area contributed by atoms with Gasteiger partial charge >= 0.3 is 0 Å². The number of aryl methyl sites for hydroxylation is 2. The van der Waals surface area contributed by atoms with Gasteiger partial charge in [0.15, 0.2) is 0 Å². The normalized spacial score (nSPS) is 11.3. The number of rotatable bonds is 3. The third-order valence-corrected chi connectivity index (χ3v) is 4.57. The van der Waals surface area contributed by atoms with Gasteiger partial charge in [-0.25, -0.2) is 13.1 Å². The van der Waals surface area contributed by atoms with E-state index in [0.717, 1.165) is 17.1 Å². The first-order valence-corrected chi connectivity index (χ1v) is 7.77. The van der Waals surface area contributed by atoms with Crippen LogP contribution in [0.3, 0.4) is 0 Å². The third kappa shape index (κ3) is 2.99. The molecule has 0 atom stereocenters. The Labute approximate surface area is 115 Å². The largest absolute Gasteiger partial charge is 0.268 e. The van der Waals surface area contributed by atoms with Gasteiger partial charge in [0.2, 0.25) is 0 Å². The summed E-state index contributed by atoms with van der Waals surface area (Å²) >= 11 is 1.11. The van der Waals surface area contributed by atoms with Gasteiger partial charge in [-0.15, -0.1) is 0 Å². The molecular weight excluding hydrogens is 284 g/mol. The Morgan fingerprint density at radius 2 is 2.05 bits per heavy atom. The van der Waals surface area contributed by atoms with Gasteiger partial charge in [0.05, 0.1) is 16.2 Å². The summed E-state index contributed by atoms with van der Waals surface area (Å²) in [6.45, 7) is 3.44. The first kappa shape index (κ1) is 13.7. The summed E-state index contributed by atoms with van der Waals surface area (Å²) in [5.74, 6) is -0.659. The molecule has 0 aliphatic carbocycles. The van der Waals surface area contributed by atoms with Crippen molar-refractivity contribution in [2.75, 3.05) is 0 Å². The highest BCUT2D eigenvalue weighted by atomic mass is 32.2. The van der Waals surface area contributed by atoms with Crippen LogP contribution in [-0.2, 0) is 10.0 Å². The van der Waals surface area contributed by atoms with Crippen LogP contribution in [0.1, 0.15) is 21.6 Å². The van der Waals surface area contributed by atoms with E-state index < -0.39 is 15.9 Å². The lowest BCUT2D eigenvalue weighted by Crippen LogP contribution is -2.30. The molecular formula is C12H12N2O3S2. The molecule has 1 aromatic carbocycles. The Hall–Kier alpha value is -1.73. The fourth-order valence-electron chi connectivity index (χ4n) is 1.53. The fraction of sp³-hybridized carbons (Fsp3) is 0.167. The quantitative estimate of drug-likeness (QED) is 0.938. The standard InChI is InChI=1S/C12H12N2O3S2/c1-8-4-3-5-10(6-8)19(16,17)14-12(15)11-7-18-13-9(11)2/h3-7H,1-2H3,(H,14,15). The molecule has 0 aliphatic heterocycles. The molecule has 19 heavy (non-hydrogen) atoms. The number of carbonyl (C=O) groups is 1. The van der Waals surface area contributed by atoms with Crippen LogP contribution in [-0.4, -0.2) is 18.7 Å². The molecule has 0 spiro atoms. The van der Waals surface area contributed by atoms with E-state index in [9.17, 15) is 13.2 Å². The van der Waals surface area contributed by atoms with Crippen LogP contribution in [0.2, 0.25) is 0 Å². The Morgan fingerprint density at radius 3 is 2.63 bits per heavy atom. The molecule has 2 aromatic rings. The minimum atomic E-state index is -3.85. The molecule has 100 valence electrons. The van der Waals surface area contributed by atoms with Crippen molar-refractivity contribution < 1.29 is 13.2 Å². The highest BCUT2D eigenvalue weighted by molar-refractivity contribution is 7.90. The number of nitrogens with one attached hydrogen (secondary N) is 1. The summed E-state index contributed by atoms with van der Waals surface area (Å²) in [5.41, 5.74) is 1.60. The molecule has 1 N–H and O–H groups in total. The Morgan fingerprint density at radius 1 is 1.32 bits per heavy atom. The SMILES string of the molecule is Cc1cccc(S(=O)(=O)NC(=O)c2csnc2C)c1. The first-order chi connectivity index (χ1) is 8.90. The molecule has 0 saturated heterocycles. The van der Waals surface area contributed by atoms with Gasteiger partial charge in [0.25, 0.3) is 15.9 Å². The number of aromatic nitrogens is 1. The number of amides is 1. The lowest BCUT2D eigenvalue weighted by Gasteiger charge is -2.06. The van der Waals surface area contributed by atoms with Gasteiger partial charge in [0, 0.05) is 5.38 Å². The lowest BCUT2D eigenvalue weighted by atomic mass is 10.2. The molecule has 0 bridgehead atoms. The number of sulfonamides is 1. The summed E-state index contributed by atoms with van der Waals surface area (Å²) in [6, 6.07) is 6.37. The van der Waals surface area contributed by atoms with E-state index in [1.54, 1.807) is 26.0 Å². The zero-order chi connectivity index (χ0) is 14.0. The van der Waals surface area contributed by atoms with Crippen molar-refractivity contribution in [3.8, 4) is 0 Å². The predicted octanol–water partition coefficient (Wildman–Crippen LogP) is 1.88. The van der Waals surface area contributed by atoms with Crippen molar-refractivity contribution >= 4 is 27.5 Å². The molecule has 0 radical (unpaired) electrons. The number of carbonyl (C=O) groups excluding carboxylic acids is 1. The van der Waals surface area contributed by atoms with Crippen LogP contribution < -0.4 is 4.72 Å². The van der Waals surface area contributed by atoms with Crippen molar-refractivity contribution in [1.82, 2.24) is 9.10 Å². The number of hydrogen-bond acceptors (Lipinski definition) is 5. The van der Waals surface area contributed by atoms with E-state index in [4.69, 9.17) is 0 Å². The van der Waals surface area contributed by atoms with E-state index in [2.05, 4.69) is 4.37 Å². The maximum Gasteiger partial charge on any atom is 0.267 e. The zero-order valence-electron chi connectivity index (χ0n) is 10.4. The summed E-state index contributed by atoms with van der Waals surface area (Å²) in [4.78, 5) is 11.9. The minimum Gasteiger partial charge on any atom is -0.268 e. The molecule has 1 aromatic heterocycles. The molecule has 0 aliphatic rings. The van der Waals surface area contributed by atoms with E-state index in [1.807, 2.05) is 4.72 Å². The highest BCUT2D eigenvalue weighted by Gasteiger charge is 2.20. The summed E-state index contributed by atoms with van der Waals surface area (Å²) in [7, 11) is -3.85. The second-order valence-electron chi connectivity index (χ2n) is 4.06. The topological polar surface area (TPSA) is 76.1 Å². The maximum absolute atomic E-state index is 12.1. The fourth-order valence-corrected chi connectivity index (χ4v) is 3.29. The number of hydrogen-bond donors (Lipinski definition) is 1. The summed E-state index contributed by atoms with van der Waals surface area (Å²) < 4.78 is 30.1. The molecule has 5 nitrogen and oxygen atoms in total.